The van der Waals surface area contributed by atoms with Gasteiger partial charge in [0, 0.05) is 6.54 Å². The largest absolute Gasteiger partial charge is 0.394 e. The van der Waals surface area contributed by atoms with E-state index in [1.807, 2.05) is 0 Å². The van der Waals surface area contributed by atoms with Gasteiger partial charge >= 0.3 is 0 Å². The van der Waals surface area contributed by atoms with Crippen LogP contribution in [0.5, 0.6) is 0 Å². The van der Waals surface area contributed by atoms with Crippen LogP contribution in [0.4, 0.5) is 5.82 Å². The van der Waals surface area contributed by atoms with Gasteiger partial charge in [0.15, 0.2) is 23.2 Å². The monoisotopic (exact) mass is 338 g/mol. The topological polar surface area (TPSA) is 152 Å². The van der Waals surface area contributed by atoms with Crippen molar-refractivity contribution in [3.63, 3.8) is 0 Å². The Morgan fingerprint density at radius 3 is 2.75 bits per heavy atom. The maximum atomic E-state index is 10.2. The number of imidazole rings is 1. The second-order valence-electron chi connectivity index (χ2n) is 5.70. The number of aliphatic hydroxyl groups excluding tert-OH is 3. The Morgan fingerprint density at radius 2 is 2.04 bits per heavy atom. The minimum Gasteiger partial charge on any atom is -0.394 e. The third-order valence-electron chi connectivity index (χ3n) is 4.07. The second-order valence-corrected chi connectivity index (χ2v) is 5.70. The normalized spacial score (nSPS) is 27.0. The lowest BCUT2D eigenvalue weighted by atomic mass is 10.1. The summed E-state index contributed by atoms with van der Waals surface area (Å²) in [6.07, 6.45) is 0.622. The summed E-state index contributed by atoms with van der Waals surface area (Å²) in [6, 6.07) is 0. The fourth-order valence-corrected chi connectivity index (χ4v) is 2.75. The summed E-state index contributed by atoms with van der Waals surface area (Å²) in [5.41, 5.74) is 6.49. The van der Waals surface area contributed by atoms with Crippen molar-refractivity contribution in [2.24, 2.45) is 5.73 Å². The first-order valence-corrected chi connectivity index (χ1v) is 7.91. The predicted molar refractivity (Wildman–Crippen MR) is 85.1 cm³/mol. The second kappa shape index (κ2) is 7.36. The van der Waals surface area contributed by atoms with Crippen LogP contribution >= 0.6 is 0 Å². The Morgan fingerprint density at radius 1 is 1.21 bits per heavy atom. The van der Waals surface area contributed by atoms with E-state index in [9.17, 15) is 15.3 Å². The van der Waals surface area contributed by atoms with E-state index in [0.29, 0.717) is 30.1 Å². The van der Waals surface area contributed by atoms with Gasteiger partial charge in [-0.1, -0.05) is 0 Å². The number of aliphatic hydroxyl groups is 3. The highest BCUT2D eigenvalue weighted by Crippen LogP contribution is 2.31. The maximum absolute atomic E-state index is 10.2. The molecule has 0 bridgehead atoms. The zero-order valence-electron chi connectivity index (χ0n) is 13.1. The number of fused-ring (bicyclic) bond motifs is 1. The molecule has 0 aromatic carbocycles. The number of ether oxygens (including phenoxy) is 1. The van der Waals surface area contributed by atoms with Crippen LogP contribution in [0.25, 0.3) is 11.2 Å². The van der Waals surface area contributed by atoms with Crippen molar-refractivity contribution in [1.29, 1.82) is 0 Å². The van der Waals surface area contributed by atoms with Crippen molar-refractivity contribution >= 4 is 17.0 Å². The number of hydrogen-bond acceptors (Lipinski definition) is 9. The molecular weight excluding hydrogens is 316 g/mol. The average Bonchev–Trinajstić information content (AvgIpc) is 3.14. The lowest BCUT2D eigenvalue weighted by Crippen LogP contribution is -2.33. The fourth-order valence-electron chi connectivity index (χ4n) is 2.75. The first kappa shape index (κ1) is 17.0. The molecular formula is C14H22N6O4. The third-order valence-corrected chi connectivity index (χ3v) is 4.07. The Balaban J connectivity index is 1.83. The molecule has 1 aliphatic heterocycles. The first-order chi connectivity index (χ1) is 11.7. The van der Waals surface area contributed by atoms with Gasteiger partial charge in [-0.25, -0.2) is 15.0 Å². The van der Waals surface area contributed by atoms with E-state index in [-0.39, 0.29) is 6.61 Å². The molecule has 1 fully saturated rings. The average molecular weight is 338 g/mol. The molecule has 3 heterocycles. The Labute approximate surface area is 138 Å². The summed E-state index contributed by atoms with van der Waals surface area (Å²) in [5.74, 6) is 0.586. The number of nitrogens with one attached hydrogen (secondary N) is 1. The SMILES string of the molecule is NCCCCNc1ncnc2c1ncn2[C@@H]1O[C@H](CO)C(O)C1O. The van der Waals surface area contributed by atoms with Crippen molar-refractivity contribution in [3.8, 4) is 0 Å². The van der Waals surface area contributed by atoms with Crippen molar-refractivity contribution in [1.82, 2.24) is 19.5 Å². The van der Waals surface area contributed by atoms with Crippen molar-refractivity contribution in [2.45, 2.75) is 37.4 Å². The smallest absolute Gasteiger partial charge is 0.167 e. The molecule has 2 unspecified atom stereocenters. The van der Waals surface area contributed by atoms with Gasteiger partial charge in [0.2, 0.25) is 0 Å². The highest BCUT2D eigenvalue weighted by atomic mass is 16.6. The molecule has 4 atom stereocenters. The molecule has 2 aromatic heterocycles. The number of rotatable bonds is 7. The Kier molecular flexibility index (Phi) is 5.21. The van der Waals surface area contributed by atoms with Crippen LogP contribution in [0.3, 0.4) is 0 Å². The number of anilines is 1. The van der Waals surface area contributed by atoms with Gasteiger partial charge in [-0.05, 0) is 19.4 Å². The van der Waals surface area contributed by atoms with Gasteiger partial charge in [0.05, 0.1) is 12.9 Å². The fraction of sp³-hybridized carbons (Fsp3) is 0.643. The number of aromatic nitrogens is 4. The van der Waals surface area contributed by atoms with Crippen LogP contribution < -0.4 is 11.1 Å². The molecule has 10 heteroatoms. The van der Waals surface area contributed by atoms with Crippen molar-refractivity contribution < 1.29 is 20.1 Å². The van der Waals surface area contributed by atoms with Crippen LogP contribution in [0.15, 0.2) is 12.7 Å². The molecule has 2 aromatic rings. The molecule has 3 rings (SSSR count). The molecule has 1 aliphatic rings. The van der Waals surface area contributed by atoms with Gasteiger partial charge in [-0.2, -0.15) is 0 Å². The van der Waals surface area contributed by atoms with E-state index in [0.717, 1.165) is 12.8 Å². The summed E-state index contributed by atoms with van der Waals surface area (Å²) in [5, 5.41) is 32.4. The van der Waals surface area contributed by atoms with E-state index in [1.54, 1.807) is 0 Å². The van der Waals surface area contributed by atoms with Gasteiger partial charge < -0.3 is 31.1 Å². The number of nitrogens with two attached hydrogens (primary N) is 1. The molecule has 10 nitrogen and oxygen atoms in total. The molecule has 0 amide bonds. The molecule has 24 heavy (non-hydrogen) atoms. The minimum atomic E-state index is -1.18. The zero-order chi connectivity index (χ0) is 17.1. The maximum Gasteiger partial charge on any atom is 0.167 e. The predicted octanol–water partition coefficient (Wildman–Crippen LogP) is -1.41. The summed E-state index contributed by atoms with van der Waals surface area (Å²) in [6.45, 7) is 0.967. The van der Waals surface area contributed by atoms with E-state index >= 15 is 0 Å². The standard InChI is InChI=1S/C14H22N6O4/c15-3-1-2-4-16-12-9-13(18-6-17-12)20(7-19-9)14-11(23)10(22)8(5-21)24-14/h6-8,10-11,14,21-23H,1-5,15H2,(H,16,17,18)/t8-,10?,11?,14-/m1/s1. The van der Waals surface area contributed by atoms with Gasteiger partial charge in [-0.15, -0.1) is 0 Å². The molecule has 0 radical (unpaired) electrons. The highest BCUT2D eigenvalue weighted by Gasteiger charge is 2.44. The summed E-state index contributed by atoms with van der Waals surface area (Å²) in [4.78, 5) is 12.7. The number of unbranched alkanes of at least 4 members (excludes halogenated alkanes) is 1. The summed E-state index contributed by atoms with van der Waals surface area (Å²) >= 11 is 0. The molecule has 132 valence electrons. The molecule has 6 N–H and O–H groups in total. The van der Waals surface area contributed by atoms with E-state index in [1.165, 1.54) is 17.2 Å². The number of hydrogen-bond donors (Lipinski definition) is 5. The molecule has 0 saturated carbocycles. The lowest BCUT2D eigenvalue weighted by molar-refractivity contribution is -0.0511. The van der Waals surface area contributed by atoms with Crippen LogP contribution in [-0.2, 0) is 4.74 Å². The molecule has 0 aliphatic carbocycles. The van der Waals surface area contributed by atoms with E-state index in [4.69, 9.17) is 10.5 Å². The Bertz CT molecular complexity index is 680. The molecule has 0 spiro atoms. The van der Waals surface area contributed by atoms with Gasteiger partial charge in [-0.3, -0.25) is 4.57 Å². The lowest BCUT2D eigenvalue weighted by Gasteiger charge is -2.16. The summed E-state index contributed by atoms with van der Waals surface area (Å²) in [7, 11) is 0. The van der Waals surface area contributed by atoms with Gasteiger partial charge in [0.1, 0.15) is 24.6 Å². The van der Waals surface area contributed by atoms with Crippen LogP contribution in [0, 0.1) is 0 Å². The van der Waals surface area contributed by atoms with Crippen LogP contribution in [0.2, 0.25) is 0 Å². The first-order valence-electron chi connectivity index (χ1n) is 7.91. The van der Waals surface area contributed by atoms with Crippen molar-refractivity contribution in [2.75, 3.05) is 25.0 Å². The Hall–Kier alpha value is -1.85. The summed E-state index contributed by atoms with van der Waals surface area (Å²) < 4.78 is 7.05. The molecule has 1 saturated heterocycles. The highest BCUT2D eigenvalue weighted by molar-refractivity contribution is 5.82. The van der Waals surface area contributed by atoms with Crippen LogP contribution in [0.1, 0.15) is 19.1 Å². The third kappa shape index (κ3) is 3.06. The van der Waals surface area contributed by atoms with E-state index < -0.39 is 24.5 Å². The van der Waals surface area contributed by atoms with Crippen molar-refractivity contribution in [3.05, 3.63) is 12.7 Å². The van der Waals surface area contributed by atoms with Crippen LogP contribution in [-0.4, -0.2) is 72.8 Å². The zero-order valence-corrected chi connectivity index (χ0v) is 13.1. The quantitative estimate of drug-likeness (QED) is 0.383. The number of nitrogens with zero attached hydrogens (tertiary/aromatic N) is 4. The van der Waals surface area contributed by atoms with Gasteiger partial charge in [0.25, 0.3) is 0 Å². The minimum absolute atomic E-state index is 0.385. The van der Waals surface area contributed by atoms with E-state index in [2.05, 4.69) is 20.3 Å².